The Morgan fingerprint density at radius 3 is 2.49 bits per heavy atom. The lowest BCUT2D eigenvalue weighted by atomic mass is 10.00. The number of urea groups is 1. The molecule has 1 heterocycles. The number of hydrogen-bond acceptors (Lipinski definition) is 6. The van der Waals surface area contributed by atoms with Gasteiger partial charge in [0.1, 0.15) is 5.75 Å². The predicted molar refractivity (Wildman–Crippen MR) is 163 cm³/mol. The maximum Gasteiger partial charge on any atom is 0.319 e. The lowest BCUT2D eigenvalue weighted by Crippen LogP contribution is -2.31. The Labute approximate surface area is 241 Å². The van der Waals surface area contributed by atoms with E-state index in [-0.39, 0.29) is 22.4 Å². The van der Waals surface area contributed by atoms with Gasteiger partial charge in [-0.1, -0.05) is 67.6 Å². The summed E-state index contributed by atoms with van der Waals surface area (Å²) in [6, 6.07) is 23.6. The van der Waals surface area contributed by atoms with Gasteiger partial charge in [-0.25, -0.2) is 13.2 Å². The van der Waals surface area contributed by atoms with Crippen molar-refractivity contribution in [1.82, 2.24) is 10.6 Å². The van der Waals surface area contributed by atoms with Crippen LogP contribution in [0.2, 0.25) is 0 Å². The summed E-state index contributed by atoms with van der Waals surface area (Å²) in [7, 11) is -2.17. The molecule has 0 aliphatic carbocycles. The zero-order chi connectivity index (χ0) is 29.4. The number of carbonyl (C=O) groups is 1. The summed E-state index contributed by atoms with van der Waals surface area (Å²) < 4.78 is 31.7. The fourth-order valence-electron chi connectivity index (χ4n) is 4.77. The molecule has 5 rings (SSSR count). The van der Waals surface area contributed by atoms with E-state index in [1.54, 1.807) is 6.07 Å². The Balaban J connectivity index is 0.000000909. The van der Waals surface area contributed by atoms with Gasteiger partial charge >= 0.3 is 6.03 Å². The summed E-state index contributed by atoms with van der Waals surface area (Å²) in [5, 5.41) is 19.1. The van der Waals surface area contributed by atoms with Gasteiger partial charge in [0.2, 0.25) is 0 Å². The third-order valence-corrected chi connectivity index (χ3v) is 8.59. The van der Waals surface area contributed by atoms with Crippen LogP contribution in [0.1, 0.15) is 48.6 Å². The van der Waals surface area contributed by atoms with Crippen LogP contribution < -0.4 is 20.7 Å². The maximum absolute atomic E-state index is 13.1. The highest BCUT2D eigenvalue weighted by Crippen LogP contribution is 2.30. The molecule has 0 saturated heterocycles. The molecule has 1 unspecified atom stereocenters. The zero-order valence-electron chi connectivity index (χ0n) is 23.6. The van der Waals surface area contributed by atoms with Crippen LogP contribution in [0.3, 0.4) is 0 Å². The van der Waals surface area contributed by atoms with Gasteiger partial charge in [-0.3, -0.25) is 0 Å². The normalized spacial score (nSPS) is 13.1. The molecule has 8 nitrogen and oxygen atoms in total. The summed E-state index contributed by atoms with van der Waals surface area (Å²) in [6.45, 7) is 5.73. The highest BCUT2D eigenvalue weighted by atomic mass is 32.2. The molecule has 2 amide bonds. The van der Waals surface area contributed by atoms with E-state index < -0.39 is 15.9 Å². The molecule has 0 bridgehead atoms. The Bertz CT molecular complexity index is 1610. The number of ether oxygens (including phenoxy) is 1. The summed E-state index contributed by atoms with van der Waals surface area (Å²) in [5.74, 6) is 0.159. The molecule has 1 atom stereocenters. The Morgan fingerprint density at radius 2 is 1.73 bits per heavy atom. The molecule has 1 aliphatic heterocycles. The minimum absolute atomic E-state index is 0.112. The number of fused-ring (bicyclic) bond motifs is 2. The second-order valence-corrected chi connectivity index (χ2v) is 11.9. The third kappa shape index (κ3) is 7.43. The van der Waals surface area contributed by atoms with Crippen LogP contribution in [0.5, 0.6) is 5.75 Å². The summed E-state index contributed by atoms with van der Waals surface area (Å²) in [5.41, 5.74) is 4.46. The van der Waals surface area contributed by atoms with Crippen LogP contribution in [-0.4, -0.2) is 33.3 Å². The lowest BCUT2D eigenvalue weighted by molar-refractivity contribution is 0.249. The molecule has 0 saturated carbocycles. The van der Waals surface area contributed by atoms with Crippen LogP contribution in [0.15, 0.2) is 83.8 Å². The van der Waals surface area contributed by atoms with Gasteiger partial charge in [0.15, 0.2) is 9.84 Å². The van der Waals surface area contributed by atoms with Gasteiger partial charge in [-0.05, 0) is 58.5 Å². The number of aliphatic hydroxyl groups excluding tert-OH is 1. The van der Waals surface area contributed by atoms with E-state index in [2.05, 4.69) is 16.0 Å². The molecule has 0 aromatic heterocycles. The SMILES string of the molecule is CCCO.COc1cc(S(=O)(=O)Cc2ccc3c(c2)CNC3)ccc1NC(=O)NC(C)c1cccc2ccccc12. The fraction of sp³-hybridized carbons (Fsp3) is 0.281. The molecule has 4 aromatic rings. The number of hydrogen-bond donors (Lipinski definition) is 4. The van der Waals surface area contributed by atoms with Crippen molar-refractivity contribution in [2.75, 3.05) is 19.0 Å². The number of sulfone groups is 1. The fourth-order valence-corrected chi connectivity index (χ4v) is 6.12. The number of nitrogens with one attached hydrogen (secondary N) is 3. The van der Waals surface area contributed by atoms with Crippen LogP contribution >= 0.6 is 0 Å². The topological polar surface area (TPSA) is 117 Å². The van der Waals surface area contributed by atoms with Gasteiger partial charge < -0.3 is 25.8 Å². The van der Waals surface area contributed by atoms with Gasteiger partial charge in [0, 0.05) is 25.8 Å². The van der Waals surface area contributed by atoms with E-state index >= 15 is 0 Å². The van der Waals surface area contributed by atoms with Crippen LogP contribution in [0.4, 0.5) is 10.5 Å². The standard InChI is InChI=1S/C29H29N3O4S.C3H8O/c1-19(25-9-5-7-21-6-3-4-8-26(21)25)31-29(33)32-27-13-12-24(15-28(27)36-2)37(34,35)18-20-10-11-22-16-30-17-23(22)14-20;1-2-3-4/h3-15,19,30H,16-18H2,1-2H3,(H2,31,32,33);4H,2-3H2,1H3. The summed E-state index contributed by atoms with van der Waals surface area (Å²) in [6.07, 6.45) is 0.875. The van der Waals surface area contributed by atoms with Crippen LogP contribution in [0.25, 0.3) is 10.8 Å². The minimum Gasteiger partial charge on any atom is -0.495 e. The first kappa shape index (κ1) is 30.0. The van der Waals surface area contributed by atoms with Crippen molar-refractivity contribution in [2.24, 2.45) is 0 Å². The second-order valence-electron chi connectivity index (χ2n) is 9.94. The number of amides is 2. The molecule has 0 fully saturated rings. The molecular weight excluding hydrogens is 538 g/mol. The Kier molecular flexibility index (Phi) is 9.99. The smallest absolute Gasteiger partial charge is 0.319 e. The second kappa shape index (κ2) is 13.6. The van der Waals surface area contributed by atoms with Gasteiger partial charge in [0.05, 0.1) is 29.5 Å². The predicted octanol–water partition coefficient (Wildman–Crippen LogP) is 5.70. The molecular formula is C32H37N3O5S. The molecule has 0 radical (unpaired) electrons. The Hall–Kier alpha value is -3.92. The average molecular weight is 576 g/mol. The van der Waals surface area contributed by atoms with Crippen molar-refractivity contribution in [3.05, 3.63) is 101 Å². The molecule has 4 N–H and O–H groups in total. The summed E-state index contributed by atoms with van der Waals surface area (Å²) in [4.78, 5) is 13.0. The Morgan fingerprint density at radius 1 is 1.00 bits per heavy atom. The van der Waals surface area contributed by atoms with Crippen molar-refractivity contribution in [3.8, 4) is 5.75 Å². The molecule has 9 heteroatoms. The van der Waals surface area contributed by atoms with E-state index in [4.69, 9.17) is 9.84 Å². The number of aliphatic hydroxyl groups is 1. The molecule has 41 heavy (non-hydrogen) atoms. The van der Waals surface area contributed by atoms with E-state index in [1.807, 2.05) is 74.5 Å². The lowest BCUT2D eigenvalue weighted by Gasteiger charge is -2.18. The highest BCUT2D eigenvalue weighted by molar-refractivity contribution is 7.90. The number of methoxy groups -OCH3 is 1. The van der Waals surface area contributed by atoms with Crippen molar-refractivity contribution in [1.29, 1.82) is 0 Å². The molecule has 1 aliphatic rings. The van der Waals surface area contributed by atoms with Gasteiger partial charge in [-0.2, -0.15) is 0 Å². The minimum atomic E-state index is -3.61. The van der Waals surface area contributed by atoms with E-state index in [0.29, 0.717) is 12.3 Å². The van der Waals surface area contributed by atoms with E-state index in [0.717, 1.165) is 47.0 Å². The third-order valence-electron chi connectivity index (χ3n) is 6.90. The largest absolute Gasteiger partial charge is 0.495 e. The quantitative estimate of drug-likeness (QED) is 0.214. The molecule has 216 valence electrons. The molecule has 0 spiro atoms. The maximum atomic E-state index is 13.1. The summed E-state index contributed by atoms with van der Waals surface area (Å²) >= 11 is 0. The first-order chi connectivity index (χ1) is 19.7. The van der Waals surface area contributed by atoms with Crippen molar-refractivity contribution < 1.29 is 23.1 Å². The first-order valence-electron chi connectivity index (χ1n) is 13.6. The number of rotatable bonds is 8. The van der Waals surface area contributed by atoms with Gasteiger partial charge in [-0.15, -0.1) is 0 Å². The van der Waals surface area contributed by atoms with Crippen LogP contribution in [-0.2, 0) is 28.7 Å². The highest BCUT2D eigenvalue weighted by Gasteiger charge is 2.20. The van der Waals surface area contributed by atoms with E-state index in [9.17, 15) is 13.2 Å². The van der Waals surface area contributed by atoms with Crippen molar-refractivity contribution in [3.63, 3.8) is 0 Å². The first-order valence-corrected chi connectivity index (χ1v) is 15.3. The van der Waals surface area contributed by atoms with E-state index in [1.165, 1.54) is 24.8 Å². The van der Waals surface area contributed by atoms with Crippen molar-refractivity contribution >= 4 is 32.3 Å². The zero-order valence-corrected chi connectivity index (χ0v) is 24.4. The van der Waals surface area contributed by atoms with Gasteiger partial charge in [0.25, 0.3) is 0 Å². The van der Waals surface area contributed by atoms with Crippen molar-refractivity contribution in [2.45, 2.75) is 50.0 Å². The number of anilines is 1. The number of benzene rings is 4. The molecule has 4 aromatic carbocycles. The van der Waals surface area contributed by atoms with Crippen LogP contribution in [0, 0.1) is 0 Å². The monoisotopic (exact) mass is 575 g/mol. The average Bonchev–Trinajstić information content (AvgIpc) is 3.44. The number of carbonyl (C=O) groups excluding carboxylic acids is 1.